The van der Waals surface area contributed by atoms with Crippen LogP contribution in [0.1, 0.15) is 0 Å². The van der Waals surface area contributed by atoms with E-state index in [4.69, 9.17) is 0 Å². The first-order chi connectivity index (χ1) is 8.65. The van der Waals surface area contributed by atoms with E-state index in [2.05, 4.69) is 17.6 Å². The zero-order chi connectivity index (χ0) is 16.8. The summed E-state index contributed by atoms with van der Waals surface area (Å²) in [4.78, 5) is 10.1. The number of ether oxygens (including phenoxy) is 1. The van der Waals surface area contributed by atoms with Crippen LogP contribution in [-0.2, 0) is 9.53 Å². The minimum absolute atomic E-state index is 0.604. The van der Waals surface area contributed by atoms with Crippen LogP contribution >= 0.6 is 0 Å². The van der Waals surface area contributed by atoms with Crippen LogP contribution in [0.3, 0.4) is 0 Å². The molecule has 0 rings (SSSR count). The van der Waals surface area contributed by atoms with Gasteiger partial charge in [-0.3, -0.25) is 0 Å². The smallest absolute Gasteiger partial charge is 0.433 e. The van der Waals surface area contributed by atoms with Crippen molar-refractivity contribution in [2.75, 3.05) is 0 Å². The van der Waals surface area contributed by atoms with Crippen molar-refractivity contribution in [2.24, 2.45) is 0 Å². The average Bonchev–Trinajstić information content (AvgIpc) is 2.22. The molecule has 0 saturated carbocycles. The largest absolute Gasteiger partial charge is 0.457 e. The van der Waals surface area contributed by atoms with Crippen molar-refractivity contribution in [3.8, 4) is 24.7 Å². The monoisotopic (exact) mass is 314 g/mol. The molecule has 0 bridgehead atoms. The van der Waals surface area contributed by atoms with E-state index in [0.717, 1.165) is 5.92 Å². The second-order valence-electron chi connectivity index (χ2n) is 2.66. The maximum Gasteiger partial charge on any atom is 0.457 e. The Morgan fingerprint density at radius 1 is 0.900 bits per heavy atom. The normalized spacial score (nSPS) is 11.8. The molecule has 0 atom stereocenters. The molecule has 0 saturated heterocycles. The molecule has 20 heavy (non-hydrogen) atoms. The fraction of sp³-hybridized carbons (Fsp3) is 0.444. The SMILES string of the molecule is C#CC(=O)OC(C(F)(F)F)C(F)(F)F.C#CC(F)(F)F. The summed E-state index contributed by atoms with van der Waals surface area (Å²) >= 11 is 0. The zero-order valence-corrected chi connectivity index (χ0v) is 8.95. The van der Waals surface area contributed by atoms with Gasteiger partial charge >= 0.3 is 24.5 Å². The third kappa shape index (κ3) is 9.94. The van der Waals surface area contributed by atoms with Gasteiger partial charge in [-0.25, -0.2) is 4.79 Å². The third-order valence-electron chi connectivity index (χ3n) is 1.10. The molecule has 0 aliphatic heterocycles. The highest BCUT2D eigenvalue weighted by atomic mass is 19.4. The lowest BCUT2D eigenvalue weighted by Gasteiger charge is -2.21. The van der Waals surface area contributed by atoms with Crippen molar-refractivity contribution in [3.63, 3.8) is 0 Å². The Morgan fingerprint density at radius 2 is 1.20 bits per heavy atom. The maximum atomic E-state index is 11.6. The van der Waals surface area contributed by atoms with Crippen LogP contribution in [-0.4, -0.2) is 30.6 Å². The number of alkyl halides is 9. The molecule has 0 heterocycles. The number of esters is 1. The van der Waals surface area contributed by atoms with Crippen molar-refractivity contribution in [2.45, 2.75) is 24.6 Å². The molecule has 0 spiro atoms. The van der Waals surface area contributed by atoms with Crippen molar-refractivity contribution in [1.29, 1.82) is 0 Å². The van der Waals surface area contributed by atoms with Gasteiger partial charge in [-0.05, 0) is 0 Å². The van der Waals surface area contributed by atoms with Crippen LogP contribution in [0.2, 0.25) is 0 Å². The predicted molar refractivity (Wildman–Crippen MR) is 45.7 cm³/mol. The molecule has 0 unspecified atom stereocenters. The number of terminal acetylenes is 2. The molecule has 0 aromatic carbocycles. The molecule has 11 heteroatoms. The fourth-order valence-corrected chi connectivity index (χ4v) is 0.460. The van der Waals surface area contributed by atoms with Gasteiger partial charge in [-0.1, -0.05) is 0 Å². The number of rotatable bonds is 1. The summed E-state index contributed by atoms with van der Waals surface area (Å²) in [6, 6.07) is 0. The van der Waals surface area contributed by atoms with E-state index in [1.54, 1.807) is 0 Å². The van der Waals surface area contributed by atoms with E-state index in [-0.39, 0.29) is 0 Å². The number of halogens is 9. The fourth-order valence-electron chi connectivity index (χ4n) is 0.460. The van der Waals surface area contributed by atoms with Crippen molar-refractivity contribution in [1.82, 2.24) is 0 Å². The van der Waals surface area contributed by atoms with Crippen LogP contribution in [0.15, 0.2) is 0 Å². The zero-order valence-electron chi connectivity index (χ0n) is 8.95. The molecule has 2 nitrogen and oxygen atoms in total. The number of carbonyl (C=O) groups is 1. The van der Waals surface area contributed by atoms with Crippen LogP contribution in [0, 0.1) is 24.7 Å². The summed E-state index contributed by atoms with van der Waals surface area (Å²) in [7, 11) is 0. The molecule has 0 fully saturated rings. The van der Waals surface area contributed by atoms with Crippen LogP contribution < -0.4 is 0 Å². The van der Waals surface area contributed by atoms with Gasteiger partial charge in [0.2, 0.25) is 0 Å². The Kier molecular flexibility index (Phi) is 7.03. The van der Waals surface area contributed by atoms with Gasteiger partial charge in [-0.15, -0.1) is 12.8 Å². The lowest BCUT2D eigenvalue weighted by molar-refractivity contribution is -0.311. The molecular weight excluding hydrogens is 311 g/mol. The molecule has 0 aliphatic rings. The average molecular weight is 314 g/mol. The molecule has 114 valence electrons. The summed E-state index contributed by atoms with van der Waals surface area (Å²) in [5.41, 5.74) is 0. The van der Waals surface area contributed by atoms with Gasteiger partial charge in [0.05, 0.1) is 0 Å². The Labute approximate surface area is 105 Å². The van der Waals surface area contributed by atoms with Gasteiger partial charge < -0.3 is 4.74 Å². The number of hydrogen-bond donors (Lipinski definition) is 0. The topological polar surface area (TPSA) is 26.3 Å². The Hall–Kier alpha value is -2.04. The first-order valence-corrected chi connectivity index (χ1v) is 4.00. The second-order valence-corrected chi connectivity index (χ2v) is 2.66. The highest BCUT2D eigenvalue weighted by molar-refractivity contribution is 5.87. The molecular formula is C9H3F9O2. The maximum absolute atomic E-state index is 11.6. The van der Waals surface area contributed by atoms with Crippen molar-refractivity contribution >= 4 is 5.97 Å². The van der Waals surface area contributed by atoms with E-state index >= 15 is 0 Å². The van der Waals surface area contributed by atoms with Gasteiger partial charge in [0.25, 0.3) is 6.10 Å². The van der Waals surface area contributed by atoms with Gasteiger partial charge in [0.1, 0.15) is 0 Å². The molecule has 0 aromatic rings. The third-order valence-corrected chi connectivity index (χ3v) is 1.10. The van der Waals surface area contributed by atoms with E-state index < -0.39 is 30.6 Å². The minimum Gasteiger partial charge on any atom is -0.433 e. The first kappa shape index (κ1) is 20.3. The quantitative estimate of drug-likeness (QED) is 0.322. The van der Waals surface area contributed by atoms with E-state index in [9.17, 15) is 44.3 Å². The second kappa shape index (κ2) is 6.93. The van der Waals surface area contributed by atoms with Gasteiger partial charge in [0, 0.05) is 11.8 Å². The van der Waals surface area contributed by atoms with Gasteiger partial charge in [-0.2, -0.15) is 39.5 Å². The van der Waals surface area contributed by atoms with E-state index in [1.807, 2.05) is 0 Å². The van der Waals surface area contributed by atoms with E-state index in [1.165, 1.54) is 0 Å². The standard InChI is InChI=1S/C6H2F6O2.C3HF3/c1-2-3(13)14-4(5(7,8)9)6(10,11)12;1-2-3(4,5)6/h1,4H;1H. The van der Waals surface area contributed by atoms with Crippen molar-refractivity contribution < 1.29 is 49.0 Å². The highest BCUT2D eigenvalue weighted by Gasteiger charge is 2.59. The first-order valence-electron chi connectivity index (χ1n) is 4.00. The molecule has 0 radical (unpaired) electrons. The summed E-state index contributed by atoms with van der Waals surface area (Å²) in [6.07, 6.45) is -11.9. The summed E-state index contributed by atoms with van der Waals surface area (Å²) in [6.45, 7) is 0. The highest BCUT2D eigenvalue weighted by Crippen LogP contribution is 2.35. The van der Waals surface area contributed by atoms with Crippen LogP contribution in [0.4, 0.5) is 39.5 Å². The lowest BCUT2D eigenvalue weighted by atomic mass is 10.3. The van der Waals surface area contributed by atoms with E-state index in [0.29, 0.717) is 5.92 Å². The number of hydrogen-bond acceptors (Lipinski definition) is 2. The number of carbonyl (C=O) groups excluding carboxylic acids is 1. The molecule has 0 aliphatic carbocycles. The molecule has 0 aromatic heterocycles. The lowest BCUT2D eigenvalue weighted by Crippen LogP contribution is -2.45. The Balaban J connectivity index is 0. The predicted octanol–water partition coefficient (Wildman–Crippen LogP) is 2.84. The summed E-state index contributed by atoms with van der Waals surface area (Å²) in [5.74, 6) is -0.441. The molecule has 0 amide bonds. The van der Waals surface area contributed by atoms with Crippen LogP contribution in [0.5, 0.6) is 0 Å². The Morgan fingerprint density at radius 3 is 1.35 bits per heavy atom. The van der Waals surface area contributed by atoms with Gasteiger partial charge in [0.15, 0.2) is 0 Å². The minimum atomic E-state index is -5.73. The Bertz CT molecular complexity index is 388. The van der Waals surface area contributed by atoms with Crippen LogP contribution in [0.25, 0.3) is 0 Å². The molecule has 0 N–H and O–H groups in total. The van der Waals surface area contributed by atoms with Crippen molar-refractivity contribution in [3.05, 3.63) is 0 Å². The summed E-state index contributed by atoms with van der Waals surface area (Å²) in [5, 5.41) is 0. The summed E-state index contributed by atoms with van der Waals surface area (Å²) < 4.78 is 105.